The third-order valence-corrected chi connectivity index (χ3v) is 2.38. The zero-order chi connectivity index (χ0) is 7.84. The van der Waals surface area contributed by atoms with Crippen molar-refractivity contribution >= 4 is 0 Å². The van der Waals surface area contributed by atoms with Gasteiger partial charge in [0, 0.05) is 13.0 Å². The molecule has 11 heavy (non-hydrogen) atoms. The fraction of sp³-hybridized carbons (Fsp3) is 0.714. The van der Waals surface area contributed by atoms with E-state index in [0.29, 0.717) is 5.92 Å². The Morgan fingerprint density at radius 2 is 2.36 bits per heavy atom. The normalized spacial score (nSPS) is 18.3. The van der Waals surface area contributed by atoms with Crippen molar-refractivity contribution in [1.82, 2.24) is 14.8 Å². The summed E-state index contributed by atoms with van der Waals surface area (Å²) in [5.74, 6) is 1.44. The van der Waals surface area contributed by atoms with Gasteiger partial charge in [-0.05, 0) is 12.8 Å². The lowest BCUT2D eigenvalue weighted by Gasteiger charge is -2.23. The Balaban J connectivity index is 2.36. The molecule has 1 aliphatic carbocycles. The summed E-state index contributed by atoms with van der Waals surface area (Å²) < 4.78 is 1.60. The fourth-order valence-electron chi connectivity index (χ4n) is 1.39. The lowest BCUT2D eigenvalue weighted by Crippen LogP contribution is -2.19. The largest absolute Gasteiger partial charge is 0.343 e. The molecule has 1 N–H and O–H groups in total. The molecule has 0 radical (unpaired) electrons. The zero-order valence-electron chi connectivity index (χ0n) is 6.50. The van der Waals surface area contributed by atoms with Crippen LogP contribution in [0, 0.1) is 0 Å². The van der Waals surface area contributed by atoms with E-state index in [4.69, 9.17) is 0 Å². The second-order valence-electron chi connectivity index (χ2n) is 3.07. The molecule has 0 bridgehead atoms. The van der Waals surface area contributed by atoms with Gasteiger partial charge >= 0.3 is 5.69 Å². The summed E-state index contributed by atoms with van der Waals surface area (Å²) in [7, 11) is 1.76. The van der Waals surface area contributed by atoms with Gasteiger partial charge in [-0.3, -0.25) is 4.57 Å². The van der Waals surface area contributed by atoms with Crippen LogP contribution in [0.4, 0.5) is 0 Å². The quantitative estimate of drug-likeness (QED) is 0.634. The minimum atomic E-state index is -0.105. The molecule has 4 nitrogen and oxygen atoms in total. The predicted octanol–water partition coefficient (Wildman–Crippen LogP) is 0.376. The first-order valence-electron chi connectivity index (χ1n) is 3.90. The van der Waals surface area contributed by atoms with Crippen LogP contribution >= 0.6 is 0 Å². The van der Waals surface area contributed by atoms with Crippen molar-refractivity contribution in [3.05, 3.63) is 16.3 Å². The molecule has 2 rings (SSSR count). The van der Waals surface area contributed by atoms with Crippen LogP contribution in [0.1, 0.15) is 31.0 Å². The number of nitrogens with zero attached hydrogens (tertiary/aromatic N) is 2. The number of aromatic nitrogens is 3. The van der Waals surface area contributed by atoms with Crippen LogP contribution in [-0.2, 0) is 7.05 Å². The minimum Gasteiger partial charge on any atom is -0.282 e. The fourth-order valence-corrected chi connectivity index (χ4v) is 1.39. The Bertz CT molecular complexity index is 308. The smallest absolute Gasteiger partial charge is 0.282 e. The molecule has 1 aromatic heterocycles. The third kappa shape index (κ3) is 0.895. The molecular formula is C7H11N3O. The molecule has 0 unspecified atom stereocenters. The van der Waals surface area contributed by atoms with Crippen LogP contribution in [0.2, 0.25) is 0 Å². The molecule has 1 aliphatic rings. The molecule has 0 spiro atoms. The number of hydrogen-bond donors (Lipinski definition) is 1. The van der Waals surface area contributed by atoms with Gasteiger partial charge in [-0.1, -0.05) is 6.42 Å². The van der Waals surface area contributed by atoms with Crippen LogP contribution in [0.3, 0.4) is 0 Å². The average Bonchev–Trinajstić information content (AvgIpc) is 2.15. The molecule has 1 saturated carbocycles. The van der Waals surface area contributed by atoms with Gasteiger partial charge in [0.15, 0.2) is 0 Å². The van der Waals surface area contributed by atoms with E-state index in [1.165, 1.54) is 19.3 Å². The molecule has 1 heterocycles. The molecule has 0 amide bonds. The number of hydrogen-bond acceptors (Lipinski definition) is 2. The van der Waals surface area contributed by atoms with Gasteiger partial charge in [-0.15, -0.1) is 0 Å². The second-order valence-corrected chi connectivity index (χ2v) is 3.07. The number of H-pyrrole nitrogens is 1. The van der Waals surface area contributed by atoms with Gasteiger partial charge < -0.3 is 0 Å². The number of nitrogens with one attached hydrogen (secondary N) is 1. The van der Waals surface area contributed by atoms with Crippen LogP contribution < -0.4 is 5.69 Å². The van der Waals surface area contributed by atoms with E-state index in [2.05, 4.69) is 10.2 Å². The highest BCUT2D eigenvalue weighted by molar-refractivity contribution is 4.99. The highest BCUT2D eigenvalue weighted by atomic mass is 16.1. The number of aromatic amines is 1. The van der Waals surface area contributed by atoms with Crippen LogP contribution in [0.25, 0.3) is 0 Å². The lowest BCUT2D eigenvalue weighted by molar-refractivity contribution is 0.391. The molecule has 4 heteroatoms. The summed E-state index contributed by atoms with van der Waals surface area (Å²) in [6.07, 6.45) is 3.63. The van der Waals surface area contributed by atoms with E-state index in [1.807, 2.05) is 0 Å². The van der Waals surface area contributed by atoms with Crippen LogP contribution in [0.15, 0.2) is 4.79 Å². The van der Waals surface area contributed by atoms with E-state index in [0.717, 1.165) is 5.82 Å². The molecule has 0 aromatic carbocycles. The molecular weight excluding hydrogens is 142 g/mol. The first-order chi connectivity index (χ1) is 5.29. The molecule has 0 atom stereocenters. The Morgan fingerprint density at radius 1 is 1.64 bits per heavy atom. The van der Waals surface area contributed by atoms with Crippen LogP contribution in [0.5, 0.6) is 0 Å². The summed E-state index contributed by atoms with van der Waals surface area (Å²) in [6.45, 7) is 0. The topological polar surface area (TPSA) is 50.7 Å². The van der Waals surface area contributed by atoms with Gasteiger partial charge in [0.25, 0.3) is 0 Å². The first-order valence-corrected chi connectivity index (χ1v) is 3.90. The van der Waals surface area contributed by atoms with Gasteiger partial charge in [-0.2, -0.15) is 5.10 Å². The highest BCUT2D eigenvalue weighted by Gasteiger charge is 2.24. The average molecular weight is 153 g/mol. The standard InChI is InChI=1S/C7H11N3O/c1-10-6(5-3-2-4-5)8-9-7(10)11/h5H,2-4H2,1H3,(H,9,11). The van der Waals surface area contributed by atoms with Crippen molar-refractivity contribution in [2.75, 3.05) is 0 Å². The van der Waals surface area contributed by atoms with Crippen molar-refractivity contribution in [1.29, 1.82) is 0 Å². The summed E-state index contributed by atoms with van der Waals surface area (Å²) in [5, 5.41) is 6.41. The maximum Gasteiger partial charge on any atom is 0.343 e. The molecule has 1 aromatic rings. The highest BCUT2D eigenvalue weighted by Crippen LogP contribution is 2.34. The summed E-state index contributed by atoms with van der Waals surface area (Å²) in [6, 6.07) is 0. The van der Waals surface area contributed by atoms with E-state index in [-0.39, 0.29) is 5.69 Å². The third-order valence-electron chi connectivity index (χ3n) is 2.38. The maximum absolute atomic E-state index is 10.9. The van der Waals surface area contributed by atoms with Crippen molar-refractivity contribution in [3.8, 4) is 0 Å². The van der Waals surface area contributed by atoms with Crippen molar-refractivity contribution < 1.29 is 0 Å². The summed E-state index contributed by atoms with van der Waals surface area (Å²) >= 11 is 0. The Hall–Kier alpha value is -1.06. The summed E-state index contributed by atoms with van der Waals surface area (Å²) in [5.41, 5.74) is -0.105. The van der Waals surface area contributed by atoms with Gasteiger partial charge in [0.05, 0.1) is 0 Å². The molecule has 1 fully saturated rings. The van der Waals surface area contributed by atoms with Gasteiger partial charge in [-0.25, -0.2) is 9.89 Å². The van der Waals surface area contributed by atoms with E-state index in [1.54, 1.807) is 11.6 Å². The second kappa shape index (κ2) is 2.22. The predicted molar refractivity (Wildman–Crippen MR) is 40.4 cm³/mol. The first kappa shape index (κ1) is 6.64. The van der Waals surface area contributed by atoms with Crippen molar-refractivity contribution in [3.63, 3.8) is 0 Å². The molecule has 0 saturated heterocycles. The Kier molecular flexibility index (Phi) is 1.34. The number of rotatable bonds is 1. The van der Waals surface area contributed by atoms with Gasteiger partial charge in [0.2, 0.25) is 0 Å². The summed E-state index contributed by atoms with van der Waals surface area (Å²) in [4.78, 5) is 10.9. The SMILES string of the molecule is Cn1c(C2CCC2)n[nH]c1=O. The van der Waals surface area contributed by atoms with Crippen molar-refractivity contribution in [2.24, 2.45) is 7.05 Å². The Labute approximate surface area is 64.2 Å². The molecule has 60 valence electrons. The lowest BCUT2D eigenvalue weighted by atomic mass is 9.85. The van der Waals surface area contributed by atoms with E-state index < -0.39 is 0 Å². The van der Waals surface area contributed by atoms with Crippen molar-refractivity contribution in [2.45, 2.75) is 25.2 Å². The van der Waals surface area contributed by atoms with Crippen LogP contribution in [-0.4, -0.2) is 14.8 Å². The van der Waals surface area contributed by atoms with E-state index in [9.17, 15) is 4.79 Å². The Morgan fingerprint density at radius 3 is 2.73 bits per heavy atom. The van der Waals surface area contributed by atoms with Gasteiger partial charge in [0.1, 0.15) is 5.82 Å². The molecule has 0 aliphatic heterocycles. The monoisotopic (exact) mass is 153 g/mol. The van der Waals surface area contributed by atoms with E-state index >= 15 is 0 Å². The zero-order valence-corrected chi connectivity index (χ0v) is 6.50. The maximum atomic E-state index is 10.9. The minimum absolute atomic E-state index is 0.105.